The molecule has 0 aliphatic heterocycles. The Bertz CT molecular complexity index is 485. The van der Waals surface area contributed by atoms with Gasteiger partial charge in [0.2, 0.25) is 0 Å². The number of hydrogen-bond acceptors (Lipinski definition) is 7. The molecule has 0 radical (unpaired) electrons. The van der Waals surface area contributed by atoms with E-state index in [9.17, 15) is 9.59 Å². The summed E-state index contributed by atoms with van der Waals surface area (Å²) in [6, 6.07) is -0.476. The van der Waals surface area contributed by atoms with Crippen LogP contribution in [0.5, 0.6) is 0 Å². The van der Waals surface area contributed by atoms with E-state index in [-0.39, 0.29) is 11.7 Å². The lowest BCUT2D eigenvalue weighted by molar-refractivity contribution is -0.141. The van der Waals surface area contributed by atoms with E-state index >= 15 is 0 Å². The summed E-state index contributed by atoms with van der Waals surface area (Å²) < 4.78 is 9.43. The third-order valence-corrected chi connectivity index (χ3v) is 3.57. The zero-order valence-electron chi connectivity index (χ0n) is 12.4. The number of carbonyl (C=O) groups excluding carboxylic acids is 2. The first-order chi connectivity index (χ1) is 9.38. The summed E-state index contributed by atoms with van der Waals surface area (Å²) in [6.07, 6.45) is 0.624. The average Bonchev–Trinajstić information content (AvgIpc) is 2.76. The third kappa shape index (κ3) is 4.19. The molecular formula is C13H20N2O4S. The van der Waals surface area contributed by atoms with Crippen LogP contribution in [0.2, 0.25) is 0 Å². The summed E-state index contributed by atoms with van der Waals surface area (Å²) in [6.45, 7) is 5.82. The SMILES string of the molecule is COC(=O)c1nc(NC(CC(C)C)C(=O)OC)sc1C. The first-order valence-electron chi connectivity index (χ1n) is 6.29. The van der Waals surface area contributed by atoms with Crippen LogP contribution in [0, 0.1) is 12.8 Å². The van der Waals surface area contributed by atoms with Gasteiger partial charge in [0.05, 0.1) is 14.2 Å². The Morgan fingerprint density at radius 2 is 1.95 bits per heavy atom. The fourth-order valence-electron chi connectivity index (χ4n) is 1.72. The standard InChI is InChI=1S/C13H20N2O4S/c1-7(2)6-9(11(16)18-4)14-13-15-10(8(3)20-13)12(17)19-5/h7,9H,6H2,1-5H3,(H,14,15). The molecule has 1 unspecified atom stereocenters. The van der Waals surface area contributed by atoms with Gasteiger partial charge in [-0.2, -0.15) is 0 Å². The number of aryl methyl sites for hydroxylation is 1. The summed E-state index contributed by atoms with van der Waals surface area (Å²) in [5.74, 6) is -0.496. The van der Waals surface area contributed by atoms with Crippen LogP contribution in [0.3, 0.4) is 0 Å². The molecule has 0 saturated heterocycles. The molecule has 0 aliphatic rings. The summed E-state index contributed by atoms with van der Waals surface area (Å²) in [4.78, 5) is 28.2. The molecule has 0 spiro atoms. The van der Waals surface area contributed by atoms with Crippen LogP contribution in [0.1, 0.15) is 35.6 Å². The Kier molecular flexibility index (Phi) is 5.94. The first kappa shape index (κ1) is 16.4. The highest BCUT2D eigenvalue weighted by atomic mass is 32.1. The molecule has 1 N–H and O–H groups in total. The van der Waals surface area contributed by atoms with E-state index < -0.39 is 12.0 Å². The van der Waals surface area contributed by atoms with Crippen molar-refractivity contribution < 1.29 is 19.1 Å². The maximum atomic E-state index is 11.7. The molecule has 112 valence electrons. The van der Waals surface area contributed by atoms with Crippen LogP contribution >= 0.6 is 11.3 Å². The molecule has 0 bridgehead atoms. The molecule has 0 aromatic carbocycles. The Balaban J connectivity index is 2.88. The monoisotopic (exact) mass is 300 g/mol. The number of anilines is 1. The van der Waals surface area contributed by atoms with Gasteiger partial charge in [0, 0.05) is 4.88 Å². The molecule has 0 aliphatic carbocycles. The van der Waals surface area contributed by atoms with E-state index in [1.165, 1.54) is 25.6 Å². The van der Waals surface area contributed by atoms with Gasteiger partial charge in [-0.3, -0.25) is 0 Å². The lowest BCUT2D eigenvalue weighted by atomic mass is 10.0. The van der Waals surface area contributed by atoms with Crippen LogP contribution < -0.4 is 5.32 Å². The lowest BCUT2D eigenvalue weighted by Gasteiger charge is -2.17. The molecule has 1 aromatic rings. The van der Waals surface area contributed by atoms with Crippen molar-refractivity contribution in [1.82, 2.24) is 4.98 Å². The van der Waals surface area contributed by atoms with Crippen LogP contribution in [0.4, 0.5) is 5.13 Å². The first-order valence-corrected chi connectivity index (χ1v) is 7.10. The fourth-order valence-corrected chi connectivity index (χ4v) is 2.57. The van der Waals surface area contributed by atoms with E-state index in [4.69, 9.17) is 4.74 Å². The zero-order valence-corrected chi connectivity index (χ0v) is 13.2. The number of nitrogens with one attached hydrogen (secondary N) is 1. The molecule has 0 saturated carbocycles. The topological polar surface area (TPSA) is 77.5 Å². The molecule has 1 heterocycles. The fraction of sp³-hybridized carbons (Fsp3) is 0.615. The quantitative estimate of drug-likeness (QED) is 0.812. The minimum absolute atomic E-state index is 0.271. The summed E-state index contributed by atoms with van der Waals surface area (Å²) >= 11 is 1.31. The largest absolute Gasteiger partial charge is 0.467 e. The van der Waals surface area contributed by atoms with Crippen LogP contribution in [-0.4, -0.2) is 37.2 Å². The molecule has 7 heteroatoms. The minimum Gasteiger partial charge on any atom is -0.467 e. The van der Waals surface area contributed by atoms with Crippen molar-refractivity contribution >= 4 is 28.4 Å². The van der Waals surface area contributed by atoms with E-state index in [1.54, 1.807) is 6.92 Å². The van der Waals surface area contributed by atoms with Gasteiger partial charge < -0.3 is 14.8 Å². The molecule has 1 atom stereocenters. The number of thiazole rings is 1. The van der Waals surface area contributed by atoms with Crippen molar-refractivity contribution in [1.29, 1.82) is 0 Å². The highest BCUT2D eigenvalue weighted by Gasteiger charge is 2.23. The lowest BCUT2D eigenvalue weighted by Crippen LogP contribution is -2.32. The number of esters is 2. The molecule has 20 heavy (non-hydrogen) atoms. The van der Waals surface area contributed by atoms with Crippen LogP contribution in [0.15, 0.2) is 0 Å². The molecule has 1 aromatic heterocycles. The van der Waals surface area contributed by atoms with Gasteiger partial charge in [-0.1, -0.05) is 13.8 Å². The predicted molar refractivity (Wildman–Crippen MR) is 77.1 cm³/mol. The highest BCUT2D eigenvalue weighted by molar-refractivity contribution is 7.15. The normalized spacial score (nSPS) is 12.1. The Labute approximate surface area is 122 Å². The maximum Gasteiger partial charge on any atom is 0.357 e. The molecular weight excluding hydrogens is 280 g/mol. The van der Waals surface area contributed by atoms with Gasteiger partial charge in [0.15, 0.2) is 10.8 Å². The number of ether oxygens (including phenoxy) is 2. The Hall–Kier alpha value is -1.63. The Morgan fingerprint density at radius 1 is 1.30 bits per heavy atom. The van der Waals surface area contributed by atoms with Gasteiger partial charge in [-0.25, -0.2) is 14.6 Å². The van der Waals surface area contributed by atoms with Crippen molar-refractivity contribution in [3.8, 4) is 0 Å². The van der Waals surface area contributed by atoms with E-state index in [0.717, 1.165) is 4.88 Å². The summed E-state index contributed by atoms with van der Waals surface area (Å²) in [7, 11) is 2.66. The van der Waals surface area contributed by atoms with E-state index in [0.29, 0.717) is 17.5 Å². The van der Waals surface area contributed by atoms with E-state index in [2.05, 4.69) is 15.0 Å². The smallest absolute Gasteiger partial charge is 0.357 e. The highest BCUT2D eigenvalue weighted by Crippen LogP contribution is 2.24. The maximum absolute atomic E-state index is 11.7. The summed E-state index contributed by atoms with van der Waals surface area (Å²) in [5.41, 5.74) is 0.271. The van der Waals surface area contributed by atoms with Gasteiger partial charge >= 0.3 is 11.9 Å². The number of methoxy groups -OCH3 is 2. The number of hydrogen-bond donors (Lipinski definition) is 1. The van der Waals surface area contributed by atoms with Gasteiger partial charge in [-0.15, -0.1) is 11.3 Å². The zero-order chi connectivity index (χ0) is 15.3. The molecule has 0 fully saturated rings. The average molecular weight is 300 g/mol. The number of rotatable bonds is 6. The number of nitrogens with zero attached hydrogens (tertiary/aromatic N) is 1. The van der Waals surface area contributed by atoms with Crippen molar-refractivity contribution in [2.24, 2.45) is 5.92 Å². The second-order valence-corrected chi connectivity index (χ2v) is 5.97. The van der Waals surface area contributed by atoms with Gasteiger partial charge in [-0.05, 0) is 19.3 Å². The van der Waals surface area contributed by atoms with Crippen molar-refractivity contribution in [3.05, 3.63) is 10.6 Å². The molecule has 1 rings (SSSR count). The predicted octanol–water partition coefficient (Wildman–Crippen LogP) is 2.24. The second kappa shape index (κ2) is 7.23. The summed E-state index contributed by atoms with van der Waals surface area (Å²) in [5, 5.41) is 3.54. The van der Waals surface area contributed by atoms with E-state index in [1.807, 2.05) is 13.8 Å². The van der Waals surface area contributed by atoms with Crippen LogP contribution in [-0.2, 0) is 14.3 Å². The van der Waals surface area contributed by atoms with Crippen LogP contribution in [0.25, 0.3) is 0 Å². The van der Waals surface area contributed by atoms with Crippen molar-refractivity contribution in [2.45, 2.75) is 33.2 Å². The molecule has 6 nitrogen and oxygen atoms in total. The molecule has 0 amide bonds. The number of carbonyl (C=O) groups is 2. The minimum atomic E-state index is -0.481. The third-order valence-electron chi connectivity index (χ3n) is 2.67. The number of aromatic nitrogens is 1. The van der Waals surface area contributed by atoms with Crippen molar-refractivity contribution in [2.75, 3.05) is 19.5 Å². The van der Waals surface area contributed by atoms with Gasteiger partial charge in [0.1, 0.15) is 6.04 Å². The van der Waals surface area contributed by atoms with Gasteiger partial charge in [0.25, 0.3) is 0 Å². The van der Waals surface area contributed by atoms with Crippen molar-refractivity contribution in [3.63, 3.8) is 0 Å². The Morgan fingerprint density at radius 3 is 2.45 bits per heavy atom. The second-order valence-electron chi connectivity index (χ2n) is 4.77.